The van der Waals surface area contributed by atoms with Crippen molar-refractivity contribution in [1.29, 1.82) is 0 Å². The number of guanidine groups is 1. The van der Waals surface area contributed by atoms with Gasteiger partial charge in [-0.3, -0.25) is 4.99 Å². The monoisotopic (exact) mass is 394 g/mol. The Morgan fingerprint density at radius 1 is 1.04 bits per heavy atom. The zero-order chi connectivity index (χ0) is 20.6. The third kappa shape index (κ3) is 9.80. The number of nitrogens with one attached hydrogen (secondary N) is 2. The molecule has 0 radical (unpaired) electrons. The van der Waals surface area contributed by atoms with Gasteiger partial charge in [0.1, 0.15) is 0 Å². The standard InChI is InChI=1S/C21H38N4O3/c1-6-22-21(24-13-15-25(2)14-8-16-26-3)23-12-7-9-18-10-11-19(27-4)20(17-18)28-5/h10-11,17H,6-9,12-16H2,1-5H3,(H2,22,23,24). The molecular weight excluding hydrogens is 356 g/mol. The SMILES string of the molecule is CCNC(=NCCCc1ccc(OC)c(OC)c1)NCCN(C)CCCOC. The van der Waals surface area contributed by atoms with Crippen LogP contribution in [0.3, 0.4) is 0 Å². The minimum absolute atomic E-state index is 0.759. The molecule has 0 saturated carbocycles. The maximum Gasteiger partial charge on any atom is 0.191 e. The van der Waals surface area contributed by atoms with Gasteiger partial charge in [-0.2, -0.15) is 0 Å². The molecule has 0 amide bonds. The van der Waals surface area contributed by atoms with Crippen LogP contribution in [0.2, 0.25) is 0 Å². The number of methoxy groups -OCH3 is 3. The number of hydrogen-bond donors (Lipinski definition) is 2. The van der Waals surface area contributed by atoms with E-state index in [1.54, 1.807) is 21.3 Å². The van der Waals surface area contributed by atoms with E-state index < -0.39 is 0 Å². The molecule has 0 fully saturated rings. The average molecular weight is 395 g/mol. The summed E-state index contributed by atoms with van der Waals surface area (Å²) in [6, 6.07) is 6.06. The predicted molar refractivity (Wildman–Crippen MR) is 116 cm³/mol. The fourth-order valence-corrected chi connectivity index (χ4v) is 2.81. The van der Waals surface area contributed by atoms with E-state index in [-0.39, 0.29) is 0 Å². The van der Waals surface area contributed by atoms with Crippen LogP contribution < -0.4 is 20.1 Å². The van der Waals surface area contributed by atoms with E-state index in [9.17, 15) is 0 Å². The maximum absolute atomic E-state index is 5.36. The Labute approximate surface area is 170 Å². The molecule has 0 aliphatic rings. The summed E-state index contributed by atoms with van der Waals surface area (Å²) < 4.78 is 15.7. The summed E-state index contributed by atoms with van der Waals surface area (Å²) in [4.78, 5) is 6.98. The summed E-state index contributed by atoms with van der Waals surface area (Å²) in [5.74, 6) is 2.41. The van der Waals surface area contributed by atoms with Crippen LogP contribution in [0.1, 0.15) is 25.3 Å². The van der Waals surface area contributed by atoms with Crippen LogP contribution in [0.4, 0.5) is 0 Å². The van der Waals surface area contributed by atoms with Gasteiger partial charge in [0, 0.05) is 46.4 Å². The number of aliphatic imine (C=N–C) groups is 1. The van der Waals surface area contributed by atoms with Gasteiger partial charge < -0.3 is 29.7 Å². The highest BCUT2D eigenvalue weighted by atomic mass is 16.5. The van der Waals surface area contributed by atoms with Crippen molar-refractivity contribution in [1.82, 2.24) is 15.5 Å². The third-order valence-electron chi connectivity index (χ3n) is 4.36. The lowest BCUT2D eigenvalue weighted by atomic mass is 10.1. The fraction of sp³-hybridized carbons (Fsp3) is 0.667. The van der Waals surface area contributed by atoms with Gasteiger partial charge in [0.15, 0.2) is 17.5 Å². The van der Waals surface area contributed by atoms with Crippen LogP contribution in [0.25, 0.3) is 0 Å². The molecule has 0 spiro atoms. The quantitative estimate of drug-likeness (QED) is 0.286. The first-order valence-electron chi connectivity index (χ1n) is 10.0. The highest BCUT2D eigenvalue weighted by Crippen LogP contribution is 2.27. The molecule has 160 valence electrons. The van der Waals surface area contributed by atoms with Gasteiger partial charge in [-0.1, -0.05) is 6.07 Å². The first-order chi connectivity index (χ1) is 13.6. The second-order valence-electron chi connectivity index (χ2n) is 6.63. The van der Waals surface area contributed by atoms with Crippen LogP contribution in [0.15, 0.2) is 23.2 Å². The fourth-order valence-electron chi connectivity index (χ4n) is 2.81. The maximum atomic E-state index is 5.36. The molecule has 1 aromatic rings. The van der Waals surface area contributed by atoms with E-state index in [2.05, 4.69) is 40.6 Å². The normalized spacial score (nSPS) is 11.6. The topological polar surface area (TPSA) is 67.4 Å². The summed E-state index contributed by atoms with van der Waals surface area (Å²) in [5.41, 5.74) is 1.23. The minimum atomic E-state index is 0.759. The van der Waals surface area contributed by atoms with E-state index >= 15 is 0 Å². The van der Waals surface area contributed by atoms with Crippen molar-refractivity contribution in [3.05, 3.63) is 23.8 Å². The van der Waals surface area contributed by atoms with Crippen molar-refractivity contribution in [2.24, 2.45) is 4.99 Å². The zero-order valence-corrected chi connectivity index (χ0v) is 18.2. The van der Waals surface area contributed by atoms with Crippen molar-refractivity contribution < 1.29 is 14.2 Å². The van der Waals surface area contributed by atoms with Gasteiger partial charge in [-0.05, 0) is 50.9 Å². The predicted octanol–water partition coefficient (Wildman–Crippen LogP) is 2.16. The third-order valence-corrected chi connectivity index (χ3v) is 4.36. The first kappa shape index (κ1) is 24.0. The Bertz CT molecular complexity index is 567. The molecule has 0 heterocycles. The molecule has 0 unspecified atom stereocenters. The number of rotatable bonds is 14. The van der Waals surface area contributed by atoms with Crippen LogP contribution in [-0.4, -0.2) is 78.6 Å². The Hall–Kier alpha value is -1.99. The van der Waals surface area contributed by atoms with E-state index in [0.717, 1.165) is 76.1 Å². The Morgan fingerprint density at radius 2 is 1.82 bits per heavy atom. The highest BCUT2D eigenvalue weighted by molar-refractivity contribution is 5.79. The summed E-state index contributed by atoms with van der Waals surface area (Å²) in [6.07, 6.45) is 2.98. The summed E-state index contributed by atoms with van der Waals surface area (Å²) in [5, 5.41) is 6.71. The number of hydrogen-bond acceptors (Lipinski definition) is 5. The molecule has 1 aromatic carbocycles. The second kappa shape index (κ2) is 15.0. The molecule has 28 heavy (non-hydrogen) atoms. The van der Waals surface area contributed by atoms with Gasteiger partial charge in [0.2, 0.25) is 0 Å². The van der Waals surface area contributed by atoms with E-state index in [1.165, 1.54) is 5.56 Å². The Balaban J connectivity index is 2.37. The van der Waals surface area contributed by atoms with Crippen LogP contribution in [0, 0.1) is 0 Å². The van der Waals surface area contributed by atoms with Crippen molar-refractivity contribution >= 4 is 5.96 Å². The average Bonchev–Trinajstić information content (AvgIpc) is 2.71. The summed E-state index contributed by atoms with van der Waals surface area (Å²) in [7, 11) is 7.19. The highest BCUT2D eigenvalue weighted by Gasteiger charge is 2.05. The van der Waals surface area contributed by atoms with Gasteiger partial charge in [0.05, 0.1) is 14.2 Å². The van der Waals surface area contributed by atoms with Gasteiger partial charge in [0.25, 0.3) is 0 Å². The summed E-state index contributed by atoms with van der Waals surface area (Å²) in [6.45, 7) is 7.39. The Morgan fingerprint density at radius 3 is 2.50 bits per heavy atom. The largest absolute Gasteiger partial charge is 0.493 e. The molecule has 0 aromatic heterocycles. The van der Waals surface area contributed by atoms with Crippen molar-refractivity contribution in [3.8, 4) is 11.5 Å². The molecule has 1 rings (SSSR count). The van der Waals surface area contributed by atoms with Crippen molar-refractivity contribution in [3.63, 3.8) is 0 Å². The number of nitrogens with zero attached hydrogens (tertiary/aromatic N) is 2. The van der Waals surface area contributed by atoms with Crippen molar-refractivity contribution in [2.45, 2.75) is 26.2 Å². The number of benzene rings is 1. The lowest BCUT2D eigenvalue weighted by molar-refractivity contribution is 0.180. The van der Waals surface area contributed by atoms with Crippen LogP contribution in [0.5, 0.6) is 11.5 Å². The number of aryl methyl sites for hydroxylation is 1. The Kier molecular flexibility index (Phi) is 12.9. The molecule has 7 heteroatoms. The molecule has 0 saturated heterocycles. The molecule has 7 nitrogen and oxygen atoms in total. The van der Waals surface area contributed by atoms with Gasteiger partial charge >= 0.3 is 0 Å². The second-order valence-corrected chi connectivity index (χ2v) is 6.63. The van der Waals surface area contributed by atoms with Crippen LogP contribution >= 0.6 is 0 Å². The van der Waals surface area contributed by atoms with Gasteiger partial charge in [-0.25, -0.2) is 0 Å². The number of likely N-dealkylation sites (N-methyl/N-ethyl adjacent to an activating group) is 1. The van der Waals surface area contributed by atoms with E-state index in [0.29, 0.717) is 0 Å². The van der Waals surface area contributed by atoms with Gasteiger partial charge in [-0.15, -0.1) is 0 Å². The first-order valence-corrected chi connectivity index (χ1v) is 10.0. The van der Waals surface area contributed by atoms with Crippen LogP contribution in [-0.2, 0) is 11.2 Å². The lowest BCUT2D eigenvalue weighted by Crippen LogP contribution is -2.41. The zero-order valence-electron chi connectivity index (χ0n) is 18.2. The molecule has 0 bridgehead atoms. The summed E-state index contributed by atoms with van der Waals surface area (Å²) >= 11 is 0. The molecule has 2 N–H and O–H groups in total. The molecule has 0 aliphatic carbocycles. The smallest absolute Gasteiger partial charge is 0.191 e. The van der Waals surface area contributed by atoms with E-state index in [1.807, 2.05) is 12.1 Å². The lowest BCUT2D eigenvalue weighted by Gasteiger charge is -2.18. The van der Waals surface area contributed by atoms with E-state index in [4.69, 9.17) is 14.2 Å². The number of ether oxygens (including phenoxy) is 3. The molecule has 0 aliphatic heterocycles. The molecule has 0 atom stereocenters. The molecular formula is C21H38N4O3. The van der Waals surface area contributed by atoms with Crippen molar-refractivity contribution in [2.75, 3.05) is 67.7 Å². The minimum Gasteiger partial charge on any atom is -0.493 e.